The van der Waals surface area contributed by atoms with Gasteiger partial charge in [-0.25, -0.2) is 4.79 Å². The zero-order valence-electron chi connectivity index (χ0n) is 22.1. The predicted molar refractivity (Wildman–Crippen MR) is 150 cm³/mol. The molecule has 0 aliphatic carbocycles. The molecule has 0 bridgehead atoms. The van der Waals surface area contributed by atoms with Crippen LogP contribution in [-0.2, 0) is 13.0 Å². The molecule has 0 saturated carbocycles. The number of carbonyl (C=O) groups excluding carboxylic acids is 2. The maximum Gasteiger partial charge on any atom is 0.323 e. The molecular formula is C29H31N7O3. The number of aromatic nitrogens is 3. The van der Waals surface area contributed by atoms with Gasteiger partial charge in [-0.3, -0.25) is 14.5 Å². The Morgan fingerprint density at radius 3 is 2.59 bits per heavy atom. The highest BCUT2D eigenvalue weighted by Crippen LogP contribution is 2.31. The summed E-state index contributed by atoms with van der Waals surface area (Å²) in [5.74, 6) is 0.741. The van der Waals surface area contributed by atoms with Gasteiger partial charge >= 0.3 is 6.03 Å². The minimum Gasteiger partial charge on any atom is -0.457 e. The summed E-state index contributed by atoms with van der Waals surface area (Å²) in [6.45, 7) is 5.92. The second-order valence-corrected chi connectivity index (χ2v) is 9.54. The standard InChI is InChI=1S/C29H31N7O3/c1-18(2)36-17-26(27(35-36)20-4-5-21-16-31-12-10-19(21)14-20)34-29(38)33-22-6-8-23(9-7-22)39-24-11-13-32-25(15-24)28(37)30-3/h4-9,11,13-15,17-18,31H,10,12,16H2,1-3H3,(H,30,37)(H2,33,34,38). The molecule has 0 saturated heterocycles. The normalized spacial score (nSPS) is 12.5. The first-order valence-corrected chi connectivity index (χ1v) is 12.9. The van der Waals surface area contributed by atoms with E-state index in [1.807, 2.05) is 24.7 Å². The Balaban J connectivity index is 1.28. The lowest BCUT2D eigenvalue weighted by atomic mass is 9.97. The second kappa shape index (κ2) is 11.4. The highest BCUT2D eigenvalue weighted by Gasteiger charge is 2.18. The number of anilines is 2. The van der Waals surface area contributed by atoms with E-state index in [9.17, 15) is 9.59 Å². The molecule has 0 unspecified atom stereocenters. The minimum absolute atomic E-state index is 0.143. The van der Waals surface area contributed by atoms with Gasteiger partial charge in [0, 0.05) is 49.3 Å². The number of rotatable bonds is 7. The largest absolute Gasteiger partial charge is 0.457 e. The van der Waals surface area contributed by atoms with Crippen molar-refractivity contribution in [2.45, 2.75) is 32.9 Å². The Labute approximate surface area is 226 Å². The van der Waals surface area contributed by atoms with Crippen LogP contribution in [0.5, 0.6) is 11.5 Å². The van der Waals surface area contributed by atoms with Crippen LogP contribution in [0.3, 0.4) is 0 Å². The Hall–Kier alpha value is -4.70. The number of fused-ring (bicyclic) bond motifs is 1. The lowest BCUT2D eigenvalue weighted by molar-refractivity contribution is 0.0958. The summed E-state index contributed by atoms with van der Waals surface area (Å²) >= 11 is 0. The third-order valence-corrected chi connectivity index (χ3v) is 6.41. The Bertz CT molecular complexity index is 1500. The van der Waals surface area contributed by atoms with Crippen molar-refractivity contribution in [2.75, 3.05) is 24.2 Å². The number of hydrogen-bond donors (Lipinski definition) is 4. The fraction of sp³-hybridized carbons (Fsp3) is 0.241. The summed E-state index contributed by atoms with van der Waals surface area (Å²) in [6.07, 6.45) is 4.34. The maximum atomic E-state index is 12.9. The summed E-state index contributed by atoms with van der Waals surface area (Å²) in [7, 11) is 1.54. The first-order valence-electron chi connectivity index (χ1n) is 12.9. The van der Waals surface area contributed by atoms with Crippen LogP contribution < -0.4 is 26.0 Å². The minimum atomic E-state index is -0.375. The van der Waals surface area contributed by atoms with E-state index in [1.165, 1.54) is 17.3 Å². The molecule has 39 heavy (non-hydrogen) atoms. The lowest BCUT2D eigenvalue weighted by Crippen LogP contribution is -2.23. The van der Waals surface area contributed by atoms with Crippen molar-refractivity contribution in [1.29, 1.82) is 0 Å². The Morgan fingerprint density at radius 1 is 1.00 bits per heavy atom. The topological polar surface area (TPSA) is 122 Å². The third kappa shape index (κ3) is 6.07. The SMILES string of the molecule is CNC(=O)c1cc(Oc2ccc(NC(=O)Nc3cn(C(C)C)nc3-c3ccc4c(c3)CCNC4)cc2)ccn1. The van der Waals surface area contributed by atoms with E-state index in [-0.39, 0.29) is 23.7 Å². The fourth-order valence-electron chi connectivity index (χ4n) is 4.34. The number of hydrogen-bond acceptors (Lipinski definition) is 6. The van der Waals surface area contributed by atoms with E-state index in [0.717, 1.165) is 30.8 Å². The van der Waals surface area contributed by atoms with Gasteiger partial charge in [0.25, 0.3) is 5.91 Å². The molecule has 0 fully saturated rings. The average molecular weight is 526 g/mol. The molecule has 4 aromatic rings. The maximum absolute atomic E-state index is 12.9. The molecule has 10 heteroatoms. The van der Waals surface area contributed by atoms with Crippen molar-refractivity contribution in [3.63, 3.8) is 0 Å². The quantitative estimate of drug-likeness (QED) is 0.270. The highest BCUT2D eigenvalue weighted by molar-refractivity contribution is 6.01. The van der Waals surface area contributed by atoms with E-state index < -0.39 is 0 Å². The Morgan fingerprint density at radius 2 is 1.82 bits per heavy atom. The molecule has 1 aliphatic rings. The number of ether oxygens (including phenoxy) is 1. The number of nitrogens with zero attached hydrogens (tertiary/aromatic N) is 3. The van der Waals surface area contributed by atoms with E-state index in [1.54, 1.807) is 43.4 Å². The van der Waals surface area contributed by atoms with E-state index in [0.29, 0.717) is 22.9 Å². The van der Waals surface area contributed by atoms with E-state index in [4.69, 9.17) is 9.84 Å². The lowest BCUT2D eigenvalue weighted by Gasteiger charge is -2.17. The van der Waals surface area contributed by atoms with Gasteiger partial charge in [0.1, 0.15) is 22.9 Å². The molecule has 1 aliphatic heterocycles. The second-order valence-electron chi connectivity index (χ2n) is 9.54. The van der Waals surface area contributed by atoms with Crippen LogP contribution >= 0.6 is 0 Å². The van der Waals surface area contributed by atoms with Gasteiger partial charge in [-0.2, -0.15) is 5.10 Å². The van der Waals surface area contributed by atoms with Gasteiger partial charge in [0.15, 0.2) is 0 Å². The highest BCUT2D eigenvalue weighted by atomic mass is 16.5. The summed E-state index contributed by atoms with van der Waals surface area (Å²) in [5, 5.41) is 16.5. The first-order chi connectivity index (χ1) is 18.9. The summed E-state index contributed by atoms with van der Waals surface area (Å²) in [5.41, 5.74) is 5.81. The zero-order valence-corrected chi connectivity index (χ0v) is 22.1. The van der Waals surface area contributed by atoms with Crippen LogP contribution in [0.1, 0.15) is 41.5 Å². The number of benzene rings is 2. The van der Waals surface area contributed by atoms with Crippen molar-refractivity contribution < 1.29 is 14.3 Å². The first kappa shape index (κ1) is 25.9. The summed E-state index contributed by atoms with van der Waals surface area (Å²) in [6, 6.07) is 16.3. The molecular weight excluding hydrogens is 494 g/mol. The monoisotopic (exact) mass is 525 g/mol. The molecule has 3 heterocycles. The summed E-state index contributed by atoms with van der Waals surface area (Å²) in [4.78, 5) is 28.8. The van der Waals surface area contributed by atoms with Gasteiger partial charge in [0.05, 0.1) is 5.69 Å². The molecule has 2 aromatic carbocycles. The van der Waals surface area contributed by atoms with Crippen LogP contribution in [0.25, 0.3) is 11.3 Å². The van der Waals surface area contributed by atoms with E-state index >= 15 is 0 Å². The molecule has 3 amide bonds. The van der Waals surface area contributed by atoms with E-state index in [2.05, 4.69) is 44.5 Å². The number of carbonyl (C=O) groups is 2. The van der Waals surface area contributed by atoms with Crippen molar-refractivity contribution in [2.24, 2.45) is 0 Å². The van der Waals surface area contributed by atoms with Gasteiger partial charge in [-0.1, -0.05) is 12.1 Å². The molecule has 0 spiro atoms. The number of urea groups is 1. The smallest absolute Gasteiger partial charge is 0.323 e. The van der Waals surface area contributed by atoms with Crippen LogP contribution in [0.15, 0.2) is 67.0 Å². The number of nitrogens with one attached hydrogen (secondary N) is 4. The van der Waals surface area contributed by atoms with Gasteiger partial charge in [-0.05, 0) is 74.3 Å². The molecule has 2 aromatic heterocycles. The number of pyridine rings is 1. The predicted octanol–water partition coefficient (Wildman–Crippen LogP) is 4.97. The molecule has 200 valence electrons. The van der Waals surface area contributed by atoms with Crippen LogP contribution in [-0.4, -0.2) is 40.3 Å². The number of amides is 3. The van der Waals surface area contributed by atoms with Gasteiger partial charge < -0.3 is 26.0 Å². The van der Waals surface area contributed by atoms with Gasteiger partial charge in [-0.15, -0.1) is 0 Å². The average Bonchev–Trinajstić information content (AvgIpc) is 3.37. The van der Waals surface area contributed by atoms with Crippen molar-refractivity contribution in [3.05, 3.63) is 83.8 Å². The molecule has 0 atom stereocenters. The van der Waals surface area contributed by atoms with Crippen LogP contribution in [0.4, 0.5) is 16.2 Å². The third-order valence-electron chi connectivity index (χ3n) is 6.41. The Kier molecular flexibility index (Phi) is 7.55. The summed E-state index contributed by atoms with van der Waals surface area (Å²) < 4.78 is 7.69. The molecule has 4 N–H and O–H groups in total. The van der Waals surface area contributed by atoms with Crippen LogP contribution in [0.2, 0.25) is 0 Å². The molecule has 0 radical (unpaired) electrons. The van der Waals surface area contributed by atoms with Crippen molar-refractivity contribution >= 4 is 23.3 Å². The van der Waals surface area contributed by atoms with Crippen molar-refractivity contribution in [1.82, 2.24) is 25.4 Å². The van der Waals surface area contributed by atoms with Gasteiger partial charge in [0.2, 0.25) is 0 Å². The van der Waals surface area contributed by atoms with Crippen molar-refractivity contribution in [3.8, 4) is 22.8 Å². The molecule has 5 rings (SSSR count). The zero-order chi connectivity index (χ0) is 27.4. The fourth-order valence-corrected chi connectivity index (χ4v) is 4.34. The molecule has 10 nitrogen and oxygen atoms in total. The van der Waals surface area contributed by atoms with Crippen LogP contribution in [0, 0.1) is 0 Å².